The summed E-state index contributed by atoms with van der Waals surface area (Å²) in [6, 6.07) is 0. The molecule has 0 aromatic rings. The Hall–Kier alpha value is -0.520. The fourth-order valence-corrected chi connectivity index (χ4v) is 0.893. The maximum atomic E-state index is 2.28. The minimum Gasteiger partial charge on any atom is -0.0877 e. The van der Waals surface area contributed by atoms with Gasteiger partial charge >= 0.3 is 0 Å². The van der Waals surface area contributed by atoms with Crippen LogP contribution in [0.3, 0.4) is 0 Å². The summed E-state index contributed by atoms with van der Waals surface area (Å²) in [6.07, 6.45) is 11.1. The van der Waals surface area contributed by atoms with Gasteiger partial charge in [-0.3, -0.25) is 0 Å². The Morgan fingerprint density at radius 3 is 2.10 bits per heavy atom. The van der Waals surface area contributed by atoms with Gasteiger partial charge in [0.05, 0.1) is 0 Å². The standard InChI is InChI=1S/C10H18/c1-4-7-8-9-10(5-2)6-3/h4,7-10H,5-6H2,1-3H3. The van der Waals surface area contributed by atoms with Gasteiger partial charge in [-0.15, -0.1) is 0 Å². The lowest BCUT2D eigenvalue weighted by atomic mass is 10.0. The number of allylic oxidation sites excluding steroid dienone is 4. The SMILES string of the molecule is CC=CC=CC(CC)CC. The van der Waals surface area contributed by atoms with Crippen molar-refractivity contribution in [3.63, 3.8) is 0 Å². The zero-order chi connectivity index (χ0) is 7.82. The highest BCUT2D eigenvalue weighted by Crippen LogP contribution is 2.08. The number of rotatable bonds is 4. The molecule has 0 aliphatic carbocycles. The zero-order valence-electron chi connectivity index (χ0n) is 7.30. The third-order valence-electron chi connectivity index (χ3n) is 1.74. The van der Waals surface area contributed by atoms with E-state index in [0.29, 0.717) is 0 Å². The van der Waals surface area contributed by atoms with Gasteiger partial charge in [-0.05, 0) is 25.7 Å². The van der Waals surface area contributed by atoms with Crippen molar-refractivity contribution >= 4 is 0 Å². The summed E-state index contributed by atoms with van der Waals surface area (Å²) in [5.41, 5.74) is 0. The van der Waals surface area contributed by atoms with Gasteiger partial charge in [0.25, 0.3) is 0 Å². The summed E-state index contributed by atoms with van der Waals surface area (Å²) in [4.78, 5) is 0. The van der Waals surface area contributed by atoms with E-state index in [1.807, 2.05) is 6.92 Å². The van der Waals surface area contributed by atoms with Crippen LogP contribution in [0.25, 0.3) is 0 Å². The maximum absolute atomic E-state index is 2.28. The highest BCUT2D eigenvalue weighted by molar-refractivity contribution is 5.02. The van der Waals surface area contributed by atoms with Crippen LogP contribution >= 0.6 is 0 Å². The molecular formula is C10H18. The molecule has 10 heavy (non-hydrogen) atoms. The Morgan fingerprint density at radius 1 is 1.10 bits per heavy atom. The molecule has 0 unspecified atom stereocenters. The topological polar surface area (TPSA) is 0 Å². The second kappa shape index (κ2) is 6.60. The predicted molar refractivity (Wildman–Crippen MR) is 48.0 cm³/mol. The van der Waals surface area contributed by atoms with E-state index >= 15 is 0 Å². The van der Waals surface area contributed by atoms with Crippen LogP contribution in [-0.2, 0) is 0 Å². The highest BCUT2D eigenvalue weighted by atomic mass is 14.0. The van der Waals surface area contributed by atoms with Crippen LogP contribution in [0.2, 0.25) is 0 Å². The van der Waals surface area contributed by atoms with Gasteiger partial charge in [-0.2, -0.15) is 0 Å². The van der Waals surface area contributed by atoms with Crippen LogP contribution in [0.1, 0.15) is 33.6 Å². The van der Waals surface area contributed by atoms with Gasteiger partial charge < -0.3 is 0 Å². The largest absolute Gasteiger partial charge is 0.0877 e. The van der Waals surface area contributed by atoms with Crippen molar-refractivity contribution in [2.45, 2.75) is 33.6 Å². The Morgan fingerprint density at radius 2 is 1.70 bits per heavy atom. The first-order valence-electron chi connectivity index (χ1n) is 4.14. The molecule has 0 saturated carbocycles. The third kappa shape index (κ3) is 4.37. The van der Waals surface area contributed by atoms with E-state index in [1.54, 1.807) is 0 Å². The smallest absolute Gasteiger partial charge is 0.0236 e. The van der Waals surface area contributed by atoms with Gasteiger partial charge in [-0.1, -0.05) is 38.2 Å². The number of hydrogen-bond donors (Lipinski definition) is 0. The zero-order valence-corrected chi connectivity index (χ0v) is 7.30. The van der Waals surface area contributed by atoms with Crippen molar-refractivity contribution in [3.8, 4) is 0 Å². The molecule has 0 heteroatoms. The van der Waals surface area contributed by atoms with Gasteiger partial charge in [0.1, 0.15) is 0 Å². The minimum absolute atomic E-state index is 0.774. The van der Waals surface area contributed by atoms with E-state index in [2.05, 4.69) is 38.2 Å². The first kappa shape index (κ1) is 9.48. The molecule has 0 saturated heterocycles. The van der Waals surface area contributed by atoms with Crippen LogP contribution in [0.4, 0.5) is 0 Å². The summed E-state index contributed by atoms with van der Waals surface area (Å²) in [7, 11) is 0. The normalized spacial score (nSPS) is 12.4. The van der Waals surface area contributed by atoms with E-state index in [0.717, 1.165) is 5.92 Å². The molecule has 0 aromatic carbocycles. The van der Waals surface area contributed by atoms with E-state index in [9.17, 15) is 0 Å². The van der Waals surface area contributed by atoms with Crippen LogP contribution in [0.15, 0.2) is 24.3 Å². The Bertz CT molecular complexity index is 105. The summed E-state index contributed by atoms with van der Waals surface area (Å²) >= 11 is 0. The summed E-state index contributed by atoms with van der Waals surface area (Å²) in [5, 5.41) is 0. The van der Waals surface area contributed by atoms with Crippen LogP contribution in [0.5, 0.6) is 0 Å². The van der Waals surface area contributed by atoms with Crippen LogP contribution in [0, 0.1) is 5.92 Å². The molecule has 0 amide bonds. The van der Waals surface area contributed by atoms with Gasteiger partial charge in [-0.25, -0.2) is 0 Å². The lowest BCUT2D eigenvalue weighted by Crippen LogP contribution is -1.89. The molecule has 0 nitrogen and oxygen atoms in total. The van der Waals surface area contributed by atoms with E-state index in [4.69, 9.17) is 0 Å². The average Bonchev–Trinajstić information content (AvgIpc) is 1.99. The van der Waals surface area contributed by atoms with Crippen LogP contribution in [-0.4, -0.2) is 0 Å². The minimum atomic E-state index is 0.774. The second-order valence-electron chi connectivity index (χ2n) is 2.49. The second-order valence-corrected chi connectivity index (χ2v) is 2.49. The summed E-state index contributed by atoms with van der Waals surface area (Å²) in [5.74, 6) is 0.774. The van der Waals surface area contributed by atoms with Crippen molar-refractivity contribution < 1.29 is 0 Å². The molecule has 0 aliphatic heterocycles. The number of hydrogen-bond acceptors (Lipinski definition) is 0. The van der Waals surface area contributed by atoms with Gasteiger partial charge in [0.2, 0.25) is 0 Å². The molecule has 0 aromatic heterocycles. The van der Waals surface area contributed by atoms with Gasteiger partial charge in [0.15, 0.2) is 0 Å². The first-order valence-corrected chi connectivity index (χ1v) is 4.14. The van der Waals surface area contributed by atoms with Crippen molar-refractivity contribution in [2.24, 2.45) is 5.92 Å². The molecular weight excluding hydrogens is 120 g/mol. The van der Waals surface area contributed by atoms with Crippen molar-refractivity contribution in [2.75, 3.05) is 0 Å². The fraction of sp³-hybridized carbons (Fsp3) is 0.600. The van der Waals surface area contributed by atoms with Crippen molar-refractivity contribution in [3.05, 3.63) is 24.3 Å². The third-order valence-corrected chi connectivity index (χ3v) is 1.74. The maximum Gasteiger partial charge on any atom is -0.0236 e. The summed E-state index contributed by atoms with van der Waals surface area (Å²) < 4.78 is 0. The van der Waals surface area contributed by atoms with Crippen molar-refractivity contribution in [1.29, 1.82) is 0 Å². The van der Waals surface area contributed by atoms with Gasteiger partial charge in [0, 0.05) is 0 Å². The molecule has 0 heterocycles. The molecule has 0 spiro atoms. The van der Waals surface area contributed by atoms with Crippen LogP contribution < -0.4 is 0 Å². The van der Waals surface area contributed by atoms with E-state index < -0.39 is 0 Å². The quantitative estimate of drug-likeness (QED) is 0.521. The molecule has 0 fully saturated rings. The highest BCUT2D eigenvalue weighted by Gasteiger charge is 1.94. The van der Waals surface area contributed by atoms with E-state index in [1.165, 1.54) is 12.8 Å². The lowest BCUT2D eigenvalue weighted by Gasteiger charge is -2.02. The van der Waals surface area contributed by atoms with E-state index in [-0.39, 0.29) is 0 Å². The first-order chi connectivity index (χ1) is 4.85. The predicted octanol–water partition coefficient (Wildman–Crippen LogP) is 3.55. The molecule has 0 aliphatic rings. The molecule has 0 radical (unpaired) electrons. The summed E-state index contributed by atoms with van der Waals surface area (Å²) in [6.45, 7) is 6.50. The van der Waals surface area contributed by atoms with Crippen molar-refractivity contribution in [1.82, 2.24) is 0 Å². The Kier molecular flexibility index (Phi) is 6.25. The Labute approximate surface area is 64.6 Å². The molecule has 0 atom stereocenters. The molecule has 0 rings (SSSR count). The molecule has 0 bridgehead atoms. The fourth-order valence-electron chi connectivity index (χ4n) is 0.893. The Balaban J connectivity index is 3.60. The average molecular weight is 138 g/mol. The lowest BCUT2D eigenvalue weighted by molar-refractivity contribution is 0.606. The monoisotopic (exact) mass is 138 g/mol. The molecule has 0 N–H and O–H groups in total. The molecule has 58 valence electrons.